The summed E-state index contributed by atoms with van der Waals surface area (Å²) < 4.78 is 0. The van der Waals surface area contributed by atoms with Gasteiger partial charge < -0.3 is 10.2 Å². The van der Waals surface area contributed by atoms with Gasteiger partial charge in [0.1, 0.15) is 0 Å². The predicted octanol–water partition coefficient (Wildman–Crippen LogP) is 0.821. The molecule has 25 heavy (non-hydrogen) atoms. The Balaban J connectivity index is 1.46. The Hall–Kier alpha value is -2.41. The summed E-state index contributed by atoms with van der Waals surface area (Å²) >= 11 is 0. The molecule has 2 fully saturated rings. The number of carbonyl (C=O) groups is 3. The molecule has 1 aromatic carbocycles. The Morgan fingerprint density at radius 3 is 2.28 bits per heavy atom. The van der Waals surface area contributed by atoms with E-state index in [9.17, 15) is 14.4 Å². The standard InChI is InChI=1S/C18H24N4O3/c1-13(16(23)20-18(25)19-15-7-8-15)21-9-11-22(12-10-21)17(24)14-5-3-2-4-6-14/h2-6,13,15H,7-12H2,1H3,(H2,19,20,23,25). The van der Waals surface area contributed by atoms with Crippen molar-refractivity contribution in [1.29, 1.82) is 0 Å². The van der Waals surface area contributed by atoms with E-state index in [0.29, 0.717) is 31.7 Å². The SMILES string of the molecule is CC(C(=O)NC(=O)NC1CC1)N1CCN(C(=O)c2ccccc2)CC1. The largest absolute Gasteiger partial charge is 0.336 e. The number of hydrogen-bond donors (Lipinski definition) is 2. The third kappa shape index (κ3) is 4.57. The normalized spacial score (nSPS) is 19.2. The Morgan fingerprint density at radius 2 is 1.68 bits per heavy atom. The molecule has 1 atom stereocenters. The van der Waals surface area contributed by atoms with E-state index in [-0.39, 0.29) is 17.9 Å². The van der Waals surface area contributed by atoms with E-state index in [1.165, 1.54) is 0 Å². The minimum atomic E-state index is -0.419. The molecule has 1 heterocycles. The molecule has 2 aliphatic rings. The van der Waals surface area contributed by atoms with Crippen molar-refractivity contribution in [2.24, 2.45) is 0 Å². The molecule has 0 aromatic heterocycles. The van der Waals surface area contributed by atoms with Crippen LogP contribution in [0.2, 0.25) is 0 Å². The van der Waals surface area contributed by atoms with E-state index in [0.717, 1.165) is 12.8 Å². The number of rotatable bonds is 4. The van der Waals surface area contributed by atoms with Crippen LogP contribution >= 0.6 is 0 Å². The number of imide groups is 1. The highest BCUT2D eigenvalue weighted by Crippen LogP contribution is 2.18. The minimum Gasteiger partial charge on any atom is -0.336 e. The van der Waals surface area contributed by atoms with E-state index in [2.05, 4.69) is 10.6 Å². The van der Waals surface area contributed by atoms with E-state index in [4.69, 9.17) is 0 Å². The van der Waals surface area contributed by atoms with Gasteiger partial charge in [0, 0.05) is 37.8 Å². The van der Waals surface area contributed by atoms with Gasteiger partial charge in [-0.3, -0.25) is 19.8 Å². The maximum atomic E-state index is 12.4. The van der Waals surface area contributed by atoms with Gasteiger partial charge in [-0.05, 0) is 31.9 Å². The molecule has 1 unspecified atom stereocenters. The lowest BCUT2D eigenvalue weighted by atomic mass is 10.1. The number of nitrogens with one attached hydrogen (secondary N) is 2. The van der Waals surface area contributed by atoms with E-state index in [1.54, 1.807) is 11.8 Å². The lowest BCUT2D eigenvalue weighted by molar-refractivity contribution is -0.125. The minimum absolute atomic E-state index is 0.0150. The fraction of sp³-hybridized carbons (Fsp3) is 0.500. The predicted molar refractivity (Wildman–Crippen MR) is 93.1 cm³/mol. The first-order chi connectivity index (χ1) is 12.0. The van der Waals surface area contributed by atoms with Crippen molar-refractivity contribution in [3.05, 3.63) is 35.9 Å². The zero-order valence-corrected chi connectivity index (χ0v) is 14.4. The van der Waals surface area contributed by atoms with Crippen molar-refractivity contribution < 1.29 is 14.4 Å². The second-order valence-corrected chi connectivity index (χ2v) is 6.61. The van der Waals surface area contributed by atoms with Crippen LogP contribution in [0.4, 0.5) is 4.79 Å². The summed E-state index contributed by atoms with van der Waals surface area (Å²) in [6, 6.07) is 8.60. The smallest absolute Gasteiger partial charge is 0.321 e. The van der Waals surface area contributed by atoms with Gasteiger partial charge in [0.2, 0.25) is 5.91 Å². The van der Waals surface area contributed by atoms with Crippen LogP contribution in [0.1, 0.15) is 30.1 Å². The number of amides is 4. The van der Waals surface area contributed by atoms with Crippen LogP contribution in [0, 0.1) is 0 Å². The van der Waals surface area contributed by atoms with Crippen LogP contribution in [0.3, 0.4) is 0 Å². The number of urea groups is 1. The Kier molecular flexibility index (Phi) is 5.33. The van der Waals surface area contributed by atoms with Crippen LogP contribution in [0.5, 0.6) is 0 Å². The van der Waals surface area contributed by atoms with Crippen LogP contribution in [-0.2, 0) is 4.79 Å². The molecule has 4 amide bonds. The second-order valence-electron chi connectivity index (χ2n) is 6.61. The number of piperazine rings is 1. The summed E-state index contributed by atoms with van der Waals surface area (Å²) in [4.78, 5) is 40.1. The third-order valence-corrected chi connectivity index (χ3v) is 4.70. The average molecular weight is 344 g/mol. The fourth-order valence-corrected chi connectivity index (χ4v) is 2.91. The van der Waals surface area contributed by atoms with E-state index >= 15 is 0 Å². The molecule has 2 N–H and O–H groups in total. The van der Waals surface area contributed by atoms with Crippen molar-refractivity contribution >= 4 is 17.8 Å². The summed E-state index contributed by atoms with van der Waals surface area (Å²) in [6.45, 7) is 4.14. The fourth-order valence-electron chi connectivity index (χ4n) is 2.91. The molecule has 134 valence electrons. The maximum Gasteiger partial charge on any atom is 0.321 e. The number of hydrogen-bond acceptors (Lipinski definition) is 4. The lowest BCUT2D eigenvalue weighted by Gasteiger charge is -2.37. The molecule has 1 aliphatic carbocycles. The quantitative estimate of drug-likeness (QED) is 0.847. The van der Waals surface area contributed by atoms with Gasteiger partial charge in [-0.2, -0.15) is 0 Å². The molecule has 7 heteroatoms. The molecule has 0 bridgehead atoms. The Morgan fingerprint density at radius 1 is 1.04 bits per heavy atom. The van der Waals surface area contributed by atoms with E-state index < -0.39 is 12.1 Å². The summed E-state index contributed by atoms with van der Waals surface area (Å²) in [5.74, 6) is -0.290. The highest BCUT2D eigenvalue weighted by atomic mass is 16.2. The van der Waals surface area contributed by atoms with Crippen molar-refractivity contribution in [3.63, 3.8) is 0 Å². The van der Waals surface area contributed by atoms with Crippen LogP contribution in [0.25, 0.3) is 0 Å². The number of nitrogens with zero attached hydrogens (tertiary/aromatic N) is 2. The Labute approximate surface area is 147 Å². The van der Waals surface area contributed by atoms with Gasteiger partial charge in [-0.25, -0.2) is 4.79 Å². The van der Waals surface area contributed by atoms with Gasteiger partial charge in [-0.1, -0.05) is 18.2 Å². The lowest BCUT2D eigenvalue weighted by Crippen LogP contribution is -2.56. The summed E-state index contributed by atoms with van der Waals surface area (Å²) in [7, 11) is 0. The molecular formula is C18H24N4O3. The summed E-state index contributed by atoms with van der Waals surface area (Å²) in [6.07, 6.45) is 1.96. The van der Waals surface area contributed by atoms with Gasteiger partial charge in [-0.15, -0.1) is 0 Å². The number of benzene rings is 1. The van der Waals surface area contributed by atoms with Crippen LogP contribution < -0.4 is 10.6 Å². The first-order valence-corrected chi connectivity index (χ1v) is 8.74. The van der Waals surface area contributed by atoms with Crippen molar-refractivity contribution in [2.45, 2.75) is 31.8 Å². The topological polar surface area (TPSA) is 81.8 Å². The second kappa shape index (κ2) is 7.65. The van der Waals surface area contributed by atoms with Crippen molar-refractivity contribution in [2.75, 3.05) is 26.2 Å². The van der Waals surface area contributed by atoms with Gasteiger partial charge >= 0.3 is 6.03 Å². The molecule has 1 aromatic rings. The zero-order chi connectivity index (χ0) is 17.8. The molecule has 0 spiro atoms. The van der Waals surface area contributed by atoms with Gasteiger partial charge in [0.15, 0.2) is 0 Å². The maximum absolute atomic E-state index is 12.4. The third-order valence-electron chi connectivity index (χ3n) is 4.70. The molecule has 3 rings (SSSR count). The molecule has 1 saturated carbocycles. The molecule has 1 aliphatic heterocycles. The highest BCUT2D eigenvalue weighted by Gasteiger charge is 2.29. The van der Waals surface area contributed by atoms with Crippen molar-refractivity contribution in [1.82, 2.24) is 20.4 Å². The summed E-state index contributed by atoms with van der Waals surface area (Å²) in [5, 5.41) is 5.14. The van der Waals surface area contributed by atoms with Gasteiger partial charge in [0.25, 0.3) is 5.91 Å². The van der Waals surface area contributed by atoms with Crippen molar-refractivity contribution in [3.8, 4) is 0 Å². The molecule has 7 nitrogen and oxygen atoms in total. The van der Waals surface area contributed by atoms with E-state index in [1.807, 2.05) is 35.2 Å². The first kappa shape index (κ1) is 17.4. The zero-order valence-electron chi connectivity index (χ0n) is 14.4. The summed E-state index contributed by atoms with van der Waals surface area (Å²) in [5.41, 5.74) is 0.679. The van der Waals surface area contributed by atoms with Gasteiger partial charge in [0.05, 0.1) is 6.04 Å². The Bertz CT molecular complexity index is 637. The van der Waals surface area contributed by atoms with Crippen LogP contribution in [-0.4, -0.2) is 65.9 Å². The highest BCUT2D eigenvalue weighted by molar-refractivity contribution is 5.97. The molecule has 1 saturated heterocycles. The number of carbonyl (C=O) groups excluding carboxylic acids is 3. The molecular weight excluding hydrogens is 320 g/mol. The van der Waals surface area contributed by atoms with Crippen LogP contribution in [0.15, 0.2) is 30.3 Å². The molecule has 0 radical (unpaired) electrons. The monoisotopic (exact) mass is 344 g/mol. The first-order valence-electron chi connectivity index (χ1n) is 8.74. The average Bonchev–Trinajstić information content (AvgIpc) is 3.45.